The zero-order valence-corrected chi connectivity index (χ0v) is 8.80. The van der Waals surface area contributed by atoms with E-state index in [0.717, 1.165) is 18.7 Å². The predicted octanol–water partition coefficient (Wildman–Crippen LogP) is 0.706. The van der Waals surface area contributed by atoms with Crippen molar-refractivity contribution in [3.63, 3.8) is 0 Å². The Hall–Kier alpha value is -1.13. The van der Waals surface area contributed by atoms with E-state index in [4.69, 9.17) is 0 Å². The van der Waals surface area contributed by atoms with Crippen molar-refractivity contribution in [2.45, 2.75) is 25.6 Å². The first-order valence-corrected chi connectivity index (χ1v) is 5.24. The van der Waals surface area contributed by atoms with Gasteiger partial charge in [-0.2, -0.15) is 0 Å². The monoisotopic (exact) mass is 208 g/mol. The second-order valence-electron chi connectivity index (χ2n) is 4.01. The fourth-order valence-electron chi connectivity index (χ4n) is 1.81. The van der Waals surface area contributed by atoms with Gasteiger partial charge in [-0.25, -0.2) is 0 Å². The van der Waals surface area contributed by atoms with Crippen molar-refractivity contribution in [1.29, 1.82) is 0 Å². The average molecular weight is 208 g/mol. The number of rotatable bonds is 2. The van der Waals surface area contributed by atoms with Gasteiger partial charge in [0.1, 0.15) is 0 Å². The minimum absolute atomic E-state index is 0.221. The Labute approximate surface area is 89.2 Å². The molecule has 0 spiro atoms. The lowest BCUT2D eigenvalue weighted by molar-refractivity contribution is 0.194. The first-order chi connectivity index (χ1) is 7.16. The van der Waals surface area contributed by atoms with Crippen molar-refractivity contribution in [3.8, 4) is 0 Å². The lowest BCUT2D eigenvalue weighted by Crippen LogP contribution is -2.21. The molecule has 0 saturated carbocycles. The van der Waals surface area contributed by atoms with Gasteiger partial charge < -0.3 is 15.1 Å². The topological polar surface area (TPSA) is 56.6 Å². The van der Waals surface area contributed by atoms with Crippen LogP contribution < -0.4 is 4.90 Å². The molecule has 15 heavy (non-hydrogen) atoms. The van der Waals surface area contributed by atoms with Gasteiger partial charge in [0, 0.05) is 13.1 Å². The van der Waals surface area contributed by atoms with Crippen molar-refractivity contribution in [2.75, 3.05) is 18.0 Å². The molecule has 4 nitrogen and oxygen atoms in total. The van der Waals surface area contributed by atoms with Crippen LogP contribution in [0.5, 0.6) is 0 Å². The van der Waals surface area contributed by atoms with Crippen molar-refractivity contribution in [3.05, 3.63) is 24.0 Å². The molecule has 2 atom stereocenters. The largest absolute Gasteiger partial charge is 0.391 e. The molecule has 0 radical (unpaired) electrons. The van der Waals surface area contributed by atoms with Gasteiger partial charge in [0.25, 0.3) is 0 Å². The van der Waals surface area contributed by atoms with Crippen molar-refractivity contribution < 1.29 is 10.2 Å². The summed E-state index contributed by atoms with van der Waals surface area (Å²) >= 11 is 0. The van der Waals surface area contributed by atoms with E-state index >= 15 is 0 Å². The van der Waals surface area contributed by atoms with Crippen LogP contribution in [0.15, 0.2) is 18.3 Å². The molecule has 1 aromatic heterocycles. The fourth-order valence-corrected chi connectivity index (χ4v) is 1.81. The molecule has 1 saturated heterocycles. The minimum atomic E-state index is -0.525. The average Bonchev–Trinajstić information content (AvgIpc) is 2.65. The summed E-state index contributed by atoms with van der Waals surface area (Å²) in [5, 5.41) is 18.7. The number of hydrogen-bond donors (Lipinski definition) is 2. The molecule has 0 aliphatic carbocycles. The molecule has 1 aliphatic heterocycles. The van der Waals surface area contributed by atoms with Crippen LogP contribution in [0.4, 0.5) is 5.69 Å². The Morgan fingerprint density at radius 3 is 2.80 bits per heavy atom. The van der Waals surface area contributed by atoms with E-state index < -0.39 is 6.10 Å². The summed E-state index contributed by atoms with van der Waals surface area (Å²) in [5.74, 6) is 0. The molecule has 2 unspecified atom stereocenters. The highest BCUT2D eigenvalue weighted by Crippen LogP contribution is 2.20. The number of anilines is 1. The van der Waals surface area contributed by atoms with Gasteiger partial charge in [0.2, 0.25) is 0 Å². The zero-order valence-electron chi connectivity index (χ0n) is 8.80. The molecular weight excluding hydrogens is 192 g/mol. The van der Waals surface area contributed by atoms with Crippen molar-refractivity contribution >= 4 is 5.69 Å². The molecule has 4 heteroatoms. The normalized spacial score (nSPS) is 23.1. The number of hydrogen-bond acceptors (Lipinski definition) is 4. The summed E-state index contributed by atoms with van der Waals surface area (Å²) < 4.78 is 0. The standard InChI is InChI=1S/C11H16N2O2/c1-8(14)11-3-2-9(6-12-11)13-5-4-10(15)7-13/h2-3,6,8,10,14-15H,4-5,7H2,1H3. The molecule has 0 bridgehead atoms. The van der Waals surface area contributed by atoms with Crippen molar-refractivity contribution in [2.24, 2.45) is 0 Å². The molecule has 1 aromatic rings. The van der Waals surface area contributed by atoms with Crippen LogP contribution in [0.2, 0.25) is 0 Å². The number of aromatic nitrogens is 1. The van der Waals surface area contributed by atoms with Crippen molar-refractivity contribution in [1.82, 2.24) is 4.98 Å². The van der Waals surface area contributed by atoms with Gasteiger partial charge >= 0.3 is 0 Å². The van der Waals surface area contributed by atoms with E-state index in [1.165, 1.54) is 0 Å². The predicted molar refractivity (Wildman–Crippen MR) is 57.7 cm³/mol. The highest BCUT2D eigenvalue weighted by Gasteiger charge is 2.20. The minimum Gasteiger partial charge on any atom is -0.391 e. The molecule has 82 valence electrons. The third-order valence-electron chi connectivity index (χ3n) is 2.73. The van der Waals surface area contributed by atoms with Crippen LogP contribution in [0, 0.1) is 0 Å². The summed E-state index contributed by atoms with van der Waals surface area (Å²) in [6.07, 6.45) is 1.82. The maximum absolute atomic E-state index is 9.40. The van der Waals surface area contributed by atoms with Crippen LogP contribution >= 0.6 is 0 Å². The van der Waals surface area contributed by atoms with E-state index in [1.54, 1.807) is 13.1 Å². The second kappa shape index (κ2) is 4.16. The van der Waals surface area contributed by atoms with Crippen LogP contribution in [0.25, 0.3) is 0 Å². The smallest absolute Gasteiger partial charge is 0.0931 e. The summed E-state index contributed by atoms with van der Waals surface area (Å²) in [4.78, 5) is 6.28. The third-order valence-corrected chi connectivity index (χ3v) is 2.73. The van der Waals surface area contributed by atoms with Crippen LogP contribution in [-0.2, 0) is 0 Å². The zero-order chi connectivity index (χ0) is 10.8. The van der Waals surface area contributed by atoms with E-state index in [9.17, 15) is 10.2 Å². The highest BCUT2D eigenvalue weighted by atomic mass is 16.3. The summed E-state index contributed by atoms with van der Waals surface area (Å²) in [7, 11) is 0. The fraction of sp³-hybridized carbons (Fsp3) is 0.545. The van der Waals surface area contributed by atoms with E-state index in [1.807, 2.05) is 12.1 Å². The molecule has 2 heterocycles. The summed E-state index contributed by atoms with van der Waals surface area (Å²) in [6.45, 7) is 3.24. The van der Waals surface area contributed by atoms with Gasteiger partial charge in [-0.3, -0.25) is 4.98 Å². The molecule has 1 fully saturated rings. The summed E-state index contributed by atoms with van der Waals surface area (Å²) in [5.41, 5.74) is 1.69. The number of β-amino-alcohol motifs (C(OH)–C–C–N with tert-alkyl or cyclic N) is 1. The third kappa shape index (κ3) is 2.27. The van der Waals surface area contributed by atoms with Gasteiger partial charge in [-0.1, -0.05) is 0 Å². The Balaban J connectivity index is 2.10. The maximum atomic E-state index is 9.40. The Kier molecular flexibility index (Phi) is 2.88. The Morgan fingerprint density at radius 1 is 1.53 bits per heavy atom. The van der Waals surface area contributed by atoms with Crippen LogP contribution in [0.1, 0.15) is 25.1 Å². The Bertz CT molecular complexity index is 324. The van der Waals surface area contributed by atoms with E-state index in [2.05, 4.69) is 9.88 Å². The van der Waals surface area contributed by atoms with E-state index in [0.29, 0.717) is 12.2 Å². The lowest BCUT2D eigenvalue weighted by Gasteiger charge is -2.17. The van der Waals surface area contributed by atoms with E-state index in [-0.39, 0.29) is 6.10 Å². The van der Waals surface area contributed by atoms with Gasteiger partial charge in [0.15, 0.2) is 0 Å². The van der Waals surface area contributed by atoms with Crippen LogP contribution in [-0.4, -0.2) is 34.4 Å². The first-order valence-electron chi connectivity index (χ1n) is 5.24. The second-order valence-corrected chi connectivity index (χ2v) is 4.01. The SMILES string of the molecule is CC(O)c1ccc(N2CCC(O)C2)cn1. The van der Waals surface area contributed by atoms with Gasteiger partial charge in [0.05, 0.1) is 29.8 Å². The number of nitrogens with zero attached hydrogens (tertiary/aromatic N) is 2. The maximum Gasteiger partial charge on any atom is 0.0931 e. The molecule has 0 aromatic carbocycles. The summed E-state index contributed by atoms with van der Waals surface area (Å²) in [6, 6.07) is 3.76. The van der Waals surface area contributed by atoms with Gasteiger partial charge in [-0.05, 0) is 25.5 Å². The molecule has 0 amide bonds. The first kappa shape index (κ1) is 10.4. The number of pyridine rings is 1. The number of aliphatic hydroxyl groups excluding tert-OH is 2. The quantitative estimate of drug-likeness (QED) is 0.751. The number of aliphatic hydroxyl groups is 2. The molecular formula is C11H16N2O2. The van der Waals surface area contributed by atoms with Gasteiger partial charge in [-0.15, -0.1) is 0 Å². The molecule has 1 aliphatic rings. The molecule has 2 rings (SSSR count). The Morgan fingerprint density at radius 2 is 2.33 bits per heavy atom. The van der Waals surface area contributed by atoms with Crippen LogP contribution in [0.3, 0.4) is 0 Å². The molecule has 2 N–H and O–H groups in total. The highest BCUT2D eigenvalue weighted by molar-refractivity contribution is 5.45. The lowest BCUT2D eigenvalue weighted by atomic mass is 10.2.